The van der Waals surface area contributed by atoms with E-state index in [1.54, 1.807) is 11.8 Å². The highest BCUT2D eigenvalue weighted by Gasteiger charge is 2.09. The van der Waals surface area contributed by atoms with Crippen molar-refractivity contribution in [3.8, 4) is 0 Å². The molecule has 0 atom stereocenters. The van der Waals surface area contributed by atoms with E-state index in [9.17, 15) is 0 Å². The van der Waals surface area contributed by atoms with Gasteiger partial charge in [0.1, 0.15) is 0 Å². The fourth-order valence-corrected chi connectivity index (χ4v) is 3.24. The van der Waals surface area contributed by atoms with Gasteiger partial charge in [-0.2, -0.15) is 4.98 Å². The zero-order chi connectivity index (χ0) is 16.8. The second kappa shape index (κ2) is 8.02. The maximum Gasteiger partial charge on any atom is 0.245 e. The number of hydrogen-bond donors (Lipinski definition) is 1. The fraction of sp³-hybridized carbons (Fsp3) is 0.263. The van der Waals surface area contributed by atoms with Crippen molar-refractivity contribution in [2.24, 2.45) is 5.92 Å². The molecule has 1 heterocycles. The lowest BCUT2D eigenvalue weighted by atomic mass is 10.1. The van der Waals surface area contributed by atoms with Gasteiger partial charge >= 0.3 is 0 Å². The van der Waals surface area contributed by atoms with Gasteiger partial charge in [0.05, 0.1) is 6.54 Å². The first kappa shape index (κ1) is 16.6. The molecule has 0 radical (unpaired) electrons. The van der Waals surface area contributed by atoms with Crippen LogP contribution in [0.5, 0.6) is 0 Å². The normalized spacial score (nSPS) is 11.0. The van der Waals surface area contributed by atoms with Crippen molar-refractivity contribution in [3.05, 3.63) is 66.3 Å². The van der Waals surface area contributed by atoms with Crippen molar-refractivity contribution < 1.29 is 4.52 Å². The summed E-state index contributed by atoms with van der Waals surface area (Å²) in [5, 5.41) is 7.43. The summed E-state index contributed by atoms with van der Waals surface area (Å²) in [6.45, 7) is 4.81. The van der Waals surface area contributed by atoms with Crippen LogP contribution in [0, 0.1) is 5.92 Å². The Hall–Kier alpha value is -2.27. The van der Waals surface area contributed by atoms with Gasteiger partial charge in [0.2, 0.25) is 5.89 Å². The van der Waals surface area contributed by atoms with Crippen LogP contribution in [0.15, 0.2) is 68.9 Å². The van der Waals surface area contributed by atoms with E-state index in [2.05, 4.69) is 53.6 Å². The van der Waals surface area contributed by atoms with Crippen LogP contribution in [0.2, 0.25) is 0 Å². The Bertz CT molecular complexity index is 771. The standard InChI is InChI=1S/C19H21N3OS/c1-14(2)12-18-21-19(23-22-18)13-20-16-10-6-7-11-17(16)24-15-8-4-3-5-9-15/h3-11,14,20H,12-13H2,1-2H3. The Morgan fingerprint density at radius 3 is 2.58 bits per heavy atom. The van der Waals surface area contributed by atoms with Crippen molar-refractivity contribution in [2.45, 2.75) is 36.6 Å². The monoisotopic (exact) mass is 339 g/mol. The van der Waals surface area contributed by atoms with E-state index in [1.165, 1.54) is 9.79 Å². The van der Waals surface area contributed by atoms with E-state index in [-0.39, 0.29) is 0 Å². The number of nitrogens with zero attached hydrogens (tertiary/aromatic N) is 2. The molecule has 4 nitrogen and oxygen atoms in total. The average molecular weight is 339 g/mol. The summed E-state index contributed by atoms with van der Waals surface area (Å²) in [7, 11) is 0. The molecule has 0 spiro atoms. The molecular formula is C19H21N3OS. The third kappa shape index (κ3) is 4.61. The molecule has 3 aromatic rings. The van der Waals surface area contributed by atoms with Crippen LogP contribution in [0.4, 0.5) is 5.69 Å². The summed E-state index contributed by atoms with van der Waals surface area (Å²) in [5.74, 6) is 1.91. The second-order valence-electron chi connectivity index (χ2n) is 5.97. The van der Waals surface area contributed by atoms with Crippen molar-refractivity contribution in [1.82, 2.24) is 10.1 Å². The first-order valence-corrected chi connectivity index (χ1v) is 8.89. The molecule has 24 heavy (non-hydrogen) atoms. The molecule has 0 aliphatic heterocycles. The third-order valence-corrected chi connectivity index (χ3v) is 4.47. The van der Waals surface area contributed by atoms with Gasteiger partial charge in [-0.05, 0) is 30.2 Å². The second-order valence-corrected chi connectivity index (χ2v) is 7.08. The maximum absolute atomic E-state index is 5.31. The highest BCUT2D eigenvalue weighted by Crippen LogP contribution is 2.33. The van der Waals surface area contributed by atoms with Crippen LogP contribution in [0.3, 0.4) is 0 Å². The molecule has 3 rings (SSSR count). The molecule has 1 N–H and O–H groups in total. The summed E-state index contributed by atoms with van der Waals surface area (Å²) in [4.78, 5) is 6.82. The topological polar surface area (TPSA) is 51.0 Å². The number of anilines is 1. The molecule has 0 aliphatic rings. The third-order valence-electron chi connectivity index (χ3n) is 3.39. The Balaban J connectivity index is 1.66. The van der Waals surface area contributed by atoms with Gasteiger partial charge in [-0.3, -0.25) is 0 Å². The first-order valence-electron chi connectivity index (χ1n) is 8.08. The predicted octanol–water partition coefficient (Wildman–Crippen LogP) is 5.03. The van der Waals surface area contributed by atoms with Gasteiger partial charge in [0.25, 0.3) is 0 Å². The van der Waals surface area contributed by atoms with E-state index >= 15 is 0 Å². The zero-order valence-corrected chi connectivity index (χ0v) is 14.7. The SMILES string of the molecule is CC(C)Cc1noc(CNc2ccccc2Sc2ccccc2)n1. The molecule has 0 unspecified atom stereocenters. The van der Waals surface area contributed by atoms with Gasteiger partial charge in [0, 0.05) is 21.9 Å². The highest BCUT2D eigenvalue weighted by molar-refractivity contribution is 7.99. The number of benzene rings is 2. The van der Waals surface area contributed by atoms with Crippen LogP contribution >= 0.6 is 11.8 Å². The van der Waals surface area contributed by atoms with Crippen molar-refractivity contribution >= 4 is 17.4 Å². The van der Waals surface area contributed by atoms with E-state index in [4.69, 9.17) is 4.52 Å². The average Bonchev–Trinajstić information content (AvgIpc) is 3.02. The predicted molar refractivity (Wildman–Crippen MR) is 97.2 cm³/mol. The van der Waals surface area contributed by atoms with Crippen LogP contribution in [-0.4, -0.2) is 10.1 Å². The summed E-state index contributed by atoms with van der Waals surface area (Å²) >= 11 is 1.73. The van der Waals surface area contributed by atoms with Gasteiger partial charge in [0.15, 0.2) is 5.82 Å². The van der Waals surface area contributed by atoms with Crippen molar-refractivity contribution in [2.75, 3.05) is 5.32 Å². The molecule has 124 valence electrons. The number of nitrogens with one attached hydrogen (secondary N) is 1. The van der Waals surface area contributed by atoms with Crippen molar-refractivity contribution in [3.63, 3.8) is 0 Å². The number of rotatable bonds is 7. The maximum atomic E-state index is 5.31. The van der Waals surface area contributed by atoms with Gasteiger partial charge in [-0.1, -0.05) is 61.1 Å². The zero-order valence-electron chi connectivity index (χ0n) is 13.9. The van der Waals surface area contributed by atoms with Gasteiger partial charge in [-0.15, -0.1) is 0 Å². The Morgan fingerprint density at radius 2 is 1.79 bits per heavy atom. The van der Waals surface area contributed by atoms with Crippen molar-refractivity contribution in [1.29, 1.82) is 0 Å². The molecule has 5 heteroatoms. The summed E-state index contributed by atoms with van der Waals surface area (Å²) in [5.41, 5.74) is 1.06. The number of hydrogen-bond acceptors (Lipinski definition) is 5. The van der Waals surface area contributed by atoms with E-state index in [0.29, 0.717) is 18.4 Å². The first-order chi connectivity index (χ1) is 11.7. The molecule has 1 aromatic heterocycles. The minimum absolute atomic E-state index is 0.520. The van der Waals surface area contributed by atoms with Crippen LogP contribution < -0.4 is 5.32 Å². The summed E-state index contributed by atoms with van der Waals surface area (Å²) in [6.07, 6.45) is 0.837. The molecule has 2 aromatic carbocycles. The molecular weight excluding hydrogens is 318 g/mol. The summed E-state index contributed by atoms with van der Waals surface area (Å²) < 4.78 is 5.31. The summed E-state index contributed by atoms with van der Waals surface area (Å²) in [6, 6.07) is 18.6. The lowest BCUT2D eigenvalue weighted by Gasteiger charge is -2.10. The molecule has 0 saturated carbocycles. The minimum Gasteiger partial charge on any atom is -0.375 e. The smallest absolute Gasteiger partial charge is 0.245 e. The van der Waals surface area contributed by atoms with E-state index in [1.807, 2.05) is 30.3 Å². The lowest BCUT2D eigenvalue weighted by molar-refractivity contribution is 0.375. The number of aromatic nitrogens is 2. The number of para-hydroxylation sites is 1. The molecule has 0 fully saturated rings. The van der Waals surface area contributed by atoms with E-state index in [0.717, 1.165) is 17.9 Å². The van der Waals surface area contributed by atoms with E-state index < -0.39 is 0 Å². The Morgan fingerprint density at radius 1 is 1.04 bits per heavy atom. The molecule has 0 aliphatic carbocycles. The van der Waals surface area contributed by atoms with Gasteiger partial charge < -0.3 is 9.84 Å². The minimum atomic E-state index is 0.520. The Labute approximate surface area is 146 Å². The lowest BCUT2D eigenvalue weighted by Crippen LogP contribution is -2.02. The van der Waals surface area contributed by atoms with Crippen LogP contribution in [0.1, 0.15) is 25.6 Å². The van der Waals surface area contributed by atoms with Crippen LogP contribution in [0.25, 0.3) is 0 Å². The quantitative estimate of drug-likeness (QED) is 0.654. The van der Waals surface area contributed by atoms with Crippen LogP contribution in [-0.2, 0) is 13.0 Å². The molecule has 0 bridgehead atoms. The largest absolute Gasteiger partial charge is 0.375 e. The fourth-order valence-electron chi connectivity index (χ4n) is 2.30. The highest BCUT2D eigenvalue weighted by atomic mass is 32.2. The Kier molecular flexibility index (Phi) is 5.54. The molecule has 0 saturated heterocycles. The molecule has 0 amide bonds. The van der Waals surface area contributed by atoms with Gasteiger partial charge in [-0.25, -0.2) is 0 Å².